The van der Waals surface area contributed by atoms with Crippen molar-refractivity contribution in [3.63, 3.8) is 0 Å². The molecule has 0 spiro atoms. The van der Waals surface area contributed by atoms with Gasteiger partial charge in [-0.25, -0.2) is 0 Å². The van der Waals surface area contributed by atoms with Gasteiger partial charge in [-0.15, -0.1) is 0 Å². The van der Waals surface area contributed by atoms with Crippen LogP contribution in [0.2, 0.25) is 0 Å². The fourth-order valence-corrected chi connectivity index (χ4v) is 4.27. The predicted molar refractivity (Wildman–Crippen MR) is 110 cm³/mol. The number of hydrogen-bond acceptors (Lipinski definition) is 4. The summed E-state index contributed by atoms with van der Waals surface area (Å²) < 4.78 is 0. The van der Waals surface area contributed by atoms with E-state index < -0.39 is 6.04 Å². The van der Waals surface area contributed by atoms with Crippen molar-refractivity contribution in [1.29, 1.82) is 5.26 Å². The highest BCUT2D eigenvalue weighted by molar-refractivity contribution is 5.90. The molecule has 0 unspecified atom stereocenters. The van der Waals surface area contributed by atoms with Crippen molar-refractivity contribution in [2.75, 3.05) is 13.6 Å². The fourth-order valence-electron chi connectivity index (χ4n) is 4.27. The molecule has 154 valence electrons. The van der Waals surface area contributed by atoms with Gasteiger partial charge in [-0.1, -0.05) is 30.3 Å². The first-order valence-corrected chi connectivity index (χ1v) is 10.1. The third kappa shape index (κ3) is 5.05. The number of carbonyl (C=O) groups is 2. The quantitative estimate of drug-likeness (QED) is 0.255. The molecule has 8 heteroatoms. The maximum atomic E-state index is 12.5. The maximum Gasteiger partial charge on any atom is 0.242 e. The highest BCUT2D eigenvalue weighted by Crippen LogP contribution is 2.39. The molecule has 29 heavy (non-hydrogen) atoms. The second kappa shape index (κ2) is 9.41. The molecule has 3 rings (SSSR count). The molecule has 1 heterocycles. The summed E-state index contributed by atoms with van der Waals surface area (Å²) in [6.45, 7) is 0.542. The summed E-state index contributed by atoms with van der Waals surface area (Å²) in [7, 11) is 1.64. The van der Waals surface area contributed by atoms with Crippen LogP contribution in [0, 0.1) is 11.5 Å². The number of carbonyl (C=O) groups excluding carboxylic acids is 2. The lowest BCUT2D eigenvalue weighted by molar-refractivity contribution is -0.126. The van der Waals surface area contributed by atoms with Gasteiger partial charge in [0, 0.05) is 31.5 Å². The van der Waals surface area contributed by atoms with Crippen LogP contribution in [0.4, 0.5) is 0 Å². The van der Waals surface area contributed by atoms with Crippen molar-refractivity contribution in [1.82, 2.24) is 21.3 Å². The smallest absolute Gasteiger partial charge is 0.242 e. The average molecular weight is 396 g/mol. The van der Waals surface area contributed by atoms with E-state index in [1.807, 2.05) is 24.4 Å². The van der Waals surface area contributed by atoms with E-state index in [2.05, 4.69) is 38.4 Å². The second-order valence-electron chi connectivity index (χ2n) is 7.75. The minimum Gasteiger partial charge on any atom is -0.353 e. The summed E-state index contributed by atoms with van der Waals surface area (Å²) in [5.74, 6) is 0.314. The zero-order valence-electron chi connectivity index (χ0n) is 16.7. The third-order valence-electron chi connectivity index (χ3n) is 5.98. The van der Waals surface area contributed by atoms with Crippen LogP contribution < -0.4 is 21.3 Å². The Morgan fingerprint density at radius 1 is 1.28 bits per heavy atom. The first-order valence-electron chi connectivity index (χ1n) is 10.1. The monoisotopic (exact) mass is 396 g/mol. The molecule has 0 bridgehead atoms. The number of nitrogens with zero attached hydrogens (tertiary/aromatic N) is 2. The molecule has 0 aromatic heterocycles. The van der Waals surface area contributed by atoms with E-state index >= 15 is 0 Å². The lowest BCUT2D eigenvalue weighted by atomic mass is 9.68. The Morgan fingerprint density at radius 2 is 2.00 bits per heavy atom. The van der Waals surface area contributed by atoms with Crippen LogP contribution >= 0.6 is 0 Å². The molecule has 4 N–H and O–H groups in total. The molecular weight excluding hydrogens is 368 g/mol. The molecule has 1 aromatic rings. The Bertz CT molecular complexity index is 793. The molecule has 2 aliphatic rings. The highest BCUT2D eigenvalue weighted by atomic mass is 16.2. The lowest BCUT2D eigenvalue weighted by Crippen LogP contribution is -2.51. The molecule has 1 aromatic carbocycles. The molecular formula is C21H28N6O2. The lowest BCUT2D eigenvalue weighted by Gasteiger charge is -2.41. The largest absolute Gasteiger partial charge is 0.353 e. The van der Waals surface area contributed by atoms with Crippen LogP contribution in [0.1, 0.15) is 44.1 Å². The van der Waals surface area contributed by atoms with Crippen LogP contribution in [-0.4, -0.2) is 43.5 Å². The third-order valence-corrected chi connectivity index (χ3v) is 5.98. The van der Waals surface area contributed by atoms with Crippen LogP contribution in [0.5, 0.6) is 0 Å². The van der Waals surface area contributed by atoms with Crippen LogP contribution in [0.3, 0.4) is 0 Å². The minimum atomic E-state index is -0.422. The first-order chi connectivity index (χ1) is 14.1. The van der Waals surface area contributed by atoms with Crippen molar-refractivity contribution < 1.29 is 9.59 Å². The average Bonchev–Trinajstić information content (AvgIpc) is 3.20. The van der Waals surface area contributed by atoms with E-state index in [9.17, 15) is 9.59 Å². The number of nitrogens with one attached hydrogen (secondary N) is 4. The number of amides is 2. The van der Waals surface area contributed by atoms with E-state index in [0.717, 1.165) is 25.7 Å². The maximum absolute atomic E-state index is 12.5. The molecule has 0 radical (unpaired) electrons. The Labute approximate surface area is 171 Å². The number of nitriles is 1. The molecule has 8 nitrogen and oxygen atoms in total. The van der Waals surface area contributed by atoms with Gasteiger partial charge in [0.1, 0.15) is 6.04 Å². The fraction of sp³-hybridized carbons (Fsp3) is 0.524. The normalized spacial score (nSPS) is 26.9. The molecule has 1 aliphatic carbocycles. The van der Waals surface area contributed by atoms with Crippen molar-refractivity contribution in [2.45, 2.75) is 56.0 Å². The van der Waals surface area contributed by atoms with Gasteiger partial charge >= 0.3 is 0 Å². The Balaban J connectivity index is 1.66. The van der Waals surface area contributed by atoms with E-state index in [-0.39, 0.29) is 23.3 Å². The number of hydrogen-bond donors (Lipinski definition) is 4. The van der Waals surface area contributed by atoms with Gasteiger partial charge in [-0.05, 0) is 37.7 Å². The van der Waals surface area contributed by atoms with Gasteiger partial charge < -0.3 is 16.0 Å². The summed E-state index contributed by atoms with van der Waals surface area (Å²) in [5.41, 5.74) is 1.07. The molecule has 1 saturated heterocycles. The highest BCUT2D eigenvalue weighted by Gasteiger charge is 2.38. The minimum absolute atomic E-state index is 0.0612. The van der Waals surface area contributed by atoms with E-state index in [0.29, 0.717) is 25.3 Å². The van der Waals surface area contributed by atoms with Crippen molar-refractivity contribution >= 4 is 17.8 Å². The Morgan fingerprint density at radius 3 is 2.59 bits per heavy atom. The van der Waals surface area contributed by atoms with Gasteiger partial charge in [0.05, 0.1) is 0 Å². The van der Waals surface area contributed by atoms with Gasteiger partial charge in [-0.3, -0.25) is 19.9 Å². The molecule has 2 amide bonds. The summed E-state index contributed by atoms with van der Waals surface area (Å²) in [6, 6.07) is 10.1. The Hall–Kier alpha value is -3.08. The van der Waals surface area contributed by atoms with E-state index in [4.69, 9.17) is 5.26 Å². The topological polar surface area (TPSA) is 118 Å². The van der Waals surface area contributed by atoms with Gasteiger partial charge in [0.25, 0.3) is 0 Å². The summed E-state index contributed by atoms with van der Waals surface area (Å²) >= 11 is 0. The van der Waals surface area contributed by atoms with Gasteiger partial charge in [0.2, 0.25) is 17.8 Å². The van der Waals surface area contributed by atoms with E-state index in [1.54, 1.807) is 7.05 Å². The number of aliphatic imine (C=N–C) groups is 1. The van der Waals surface area contributed by atoms with E-state index in [1.165, 1.54) is 5.56 Å². The zero-order chi connectivity index (χ0) is 20.7. The SMILES string of the molecule is CN=C(NC#N)NC1CCC(CNC(=O)[C@@H]2CCC(=O)N2)(c2ccccc2)CC1. The summed E-state index contributed by atoms with van der Waals surface area (Å²) in [5, 5.41) is 20.5. The molecule has 1 aliphatic heterocycles. The zero-order valence-corrected chi connectivity index (χ0v) is 16.7. The number of rotatable bonds is 5. The van der Waals surface area contributed by atoms with Gasteiger partial charge in [-0.2, -0.15) is 5.26 Å². The second-order valence-corrected chi connectivity index (χ2v) is 7.75. The molecule has 1 saturated carbocycles. The van der Waals surface area contributed by atoms with Gasteiger partial charge in [0.15, 0.2) is 6.19 Å². The number of guanidine groups is 1. The van der Waals surface area contributed by atoms with Crippen LogP contribution in [0.15, 0.2) is 35.3 Å². The Kier molecular flexibility index (Phi) is 6.70. The van der Waals surface area contributed by atoms with Crippen molar-refractivity contribution in [2.24, 2.45) is 4.99 Å². The standard InChI is InChI=1S/C21H28N6O2/c1-23-20(25-14-22)26-16-9-11-21(12-10-16,15-5-3-2-4-6-15)13-24-19(29)17-7-8-18(28)27-17/h2-6,16-17H,7-13H2,1H3,(H,24,29)(H,27,28)(H2,23,25,26)/t16?,17-,21?/m0/s1. The molecule has 1 atom stereocenters. The van der Waals surface area contributed by atoms with Crippen LogP contribution in [0.25, 0.3) is 0 Å². The predicted octanol–water partition coefficient (Wildman–Crippen LogP) is 0.908. The summed E-state index contributed by atoms with van der Waals surface area (Å²) in [6.07, 6.45) is 6.45. The summed E-state index contributed by atoms with van der Waals surface area (Å²) in [4.78, 5) is 28.0. The molecule has 2 fully saturated rings. The van der Waals surface area contributed by atoms with Crippen molar-refractivity contribution in [3.05, 3.63) is 35.9 Å². The number of benzene rings is 1. The first kappa shape index (κ1) is 20.6. The van der Waals surface area contributed by atoms with Crippen LogP contribution in [-0.2, 0) is 15.0 Å². The van der Waals surface area contributed by atoms with Crippen molar-refractivity contribution in [3.8, 4) is 6.19 Å².